The van der Waals surface area contributed by atoms with E-state index in [9.17, 15) is 4.79 Å². The van der Waals surface area contributed by atoms with E-state index in [0.717, 1.165) is 17.7 Å². The topological polar surface area (TPSA) is 58.4 Å². The highest BCUT2D eigenvalue weighted by Crippen LogP contribution is 2.11. The second-order valence-electron chi connectivity index (χ2n) is 5.59. The van der Waals surface area contributed by atoms with E-state index in [1.807, 2.05) is 50.5 Å². The number of carbonyl (C=O) groups is 1. The summed E-state index contributed by atoms with van der Waals surface area (Å²) in [6.07, 6.45) is 0. The minimum atomic E-state index is -0.0665. The van der Waals surface area contributed by atoms with E-state index in [1.165, 1.54) is 5.56 Å². The molecule has 4 heteroatoms. The fraction of sp³-hybridized carbons (Fsp3) is 0.278. The summed E-state index contributed by atoms with van der Waals surface area (Å²) >= 11 is 0. The molecule has 0 saturated carbocycles. The molecule has 1 amide bonds. The van der Waals surface area contributed by atoms with Crippen LogP contribution in [0.15, 0.2) is 48.5 Å². The van der Waals surface area contributed by atoms with Gasteiger partial charge in [0.25, 0.3) is 5.91 Å². The van der Waals surface area contributed by atoms with Gasteiger partial charge in [0.15, 0.2) is 0 Å². The monoisotopic (exact) mass is 297 g/mol. The summed E-state index contributed by atoms with van der Waals surface area (Å²) in [7, 11) is 4.07. The molecule has 0 aliphatic heterocycles. The highest BCUT2D eigenvalue weighted by atomic mass is 16.1. The van der Waals surface area contributed by atoms with Gasteiger partial charge in [0, 0.05) is 25.2 Å². The Hall–Kier alpha value is -2.17. The molecule has 0 aliphatic carbocycles. The van der Waals surface area contributed by atoms with Crippen LogP contribution in [-0.4, -0.2) is 24.9 Å². The van der Waals surface area contributed by atoms with Crippen molar-refractivity contribution in [3.63, 3.8) is 0 Å². The minimum absolute atomic E-state index is 0.0665. The highest BCUT2D eigenvalue weighted by Gasteiger charge is 2.07. The van der Waals surface area contributed by atoms with Gasteiger partial charge in [-0.3, -0.25) is 4.79 Å². The Morgan fingerprint density at radius 1 is 1.05 bits per heavy atom. The number of amides is 1. The van der Waals surface area contributed by atoms with Gasteiger partial charge in [-0.15, -0.1) is 0 Å². The fourth-order valence-corrected chi connectivity index (χ4v) is 2.29. The van der Waals surface area contributed by atoms with Gasteiger partial charge in [0.1, 0.15) is 0 Å². The van der Waals surface area contributed by atoms with Crippen LogP contribution >= 0.6 is 0 Å². The molecule has 0 atom stereocenters. The minimum Gasteiger partial charge on any atom is -0.348 e. The normalized spacial score (nSPS) is 10.7. The molecule has 0 aromatic heterocycles. The molecule has 22 heavy (non-hydrogen) atoms. The van der Waals surface area contributed by atoms with Gasteiger partial charge in [-0.25, -0.2) is 0 Å². The summed E-state index contributed by atoms with van der Waals surface area (Å²) in [6, 6.07) is 15.6. The first-order valence-electron chi connectivity index (χ1n) is 7.39. The van der Waals surface area contributed by atoms with Crippen molar-refractivity contribution >= 4 is 5.91 Å². The Morgan fingerprint density at radius 2 is 1.68 bits per heavy atom. The van der Waals surface area contributed by atoms with Crippen molar-refractivity contribution in [3.05, 3.63) is 70.8 Å². The van der Waals surface area contributed by atoms with E-state index in [1.54, 1.807) is 0 Å². The Bertz CT molecular complexity index is 620. The van der Waals surface area contributed by atoms with Crippen LogP contribution in [0.25, 0.3) is 0 Å². The van der Waals surface area contributed by atoms with Crippen LogP contribution in [-0.2, 0) is 19.6 Å². The average Bonchev–Trinajstić information content (AvgIpc) is 2.53. The Kier molecular flexibility index (Phi) is 5.69. The molecule has 0 heterocycles. The first-order valence-corrected chi connectivity index (χ1v) is 7.39. The number of hydrogen-bond donors (Lipinski definition) is 2. The quantitative estimate of drug-likeness (QED) is 0.859. The average molecular weight is 297 g/mol. The van der Waals surface area contributed by atoms with Crippen molar-refractivity contribution in [3.8, 4) is 0 Å². The van der Waals surface area contributed by atoms with Crippen molar-refractivity contribution in [1.29, 1.82) is 0 Å². The summed E-state index contributed by atoms with van der Waals surface area (Å²) in [4.78, 5) is 14.3. The zero-order valence-corrected chi connectivity index (χ0v) is 13.2. The number of nitrogens with two attached hydrogens (primary N) is 1. The maximum Gasteiger partial charge on any atom is 0.251 e. The van der Waals surface area contributed by atoms with Gasteiger partial charge in [0.05, 0.1) is 0 Å². The largest absolute Gasteiger partial charge is 0.348 e. The lowest BCUT2D eigenvalue weighted by Gasteiger charge is -2.14. The van der Waals surface area contributed by atoms with Crippen LogP contribution in [0.4, 0.5) is 0 Å². The van der Waals surface area contributed by atoms with Crippen LogP contribution in [0.3, 0.4) is 0 Å². The van der Waals surface area contributed by atoms with Gasteiger partial charge < -0.3 is 16.0 Å². The number of nitrogens with one attached hydrogen (secondary N) is 1. The molecule has 0 fully saturated rings. The molecule has 3 N–H and O–H groups in total. The second-order valence-corrected chi connectivity index (χ2v) is 5.59. The lowest BCUT2D eigenvalue weighted by Crippen LogP contribution is -2.24. The van der Waals surface area contributed by atoms with Crippen molar-refractivity contribution in [1.82, 2.24) is 10.2 Å². The fourth-order valence-electron chi connectivity index (χ4n) is 2.29. The van der Waals surface area contributed by atoms with Crippen LogP contribution in [0.2, 0.25) is 0 Å². The number of hydrogen-bond acceptors (Lipinski definition) is 3. The Balaban J connectivity index is 2.01. The number of benzene rings is 2. The maximum absolute atomic E-state index is 12.2. The third-order valence-corrected chi connectivity index (χ3v) is 3.50. The highest BCUT2D eigenvalue weighted by molar-refractivity contribution is 5.94. The van der Waals surface area contributed by atoms with E-state index < -0.39 is 0 Å². The van der Waals surface area contributed by atoms with E-state index in [4.69, 9.17) is 5.73 Å². The molecular formula is C18H23N3O. The molecule has 2 aromatic rings. The van der Waals surface area contributed by atoms with E-state index >= 15 is 0 Å². The zero-order valence-electron chi connectivity index (χ0n) is 13.2. The molecule has 4 nitrogen and oxygen atoms in total. The predicted molar refractivity (Wildman–Crippen MR) is 89.3 cm³/mol. The van der Waals surface area contributed by atoms with Crippen LogP contribution < -0.4 is 11.1 Å². The molecule has 0 spiro atoms. The first kappa shape index (κ1) is 16.2. The molecular weight excluding hydrogens is 274 g/mol. The summed E-state index contributed by atoms with van der Waals surface area (Å²) < 4.78 is 0. The number of nitrogens with zero attached hydrogens (tertiary/aromatic N) is 1. The molecule has 0 aliphatic rings. The van der Waals surface area contributed by atoms with Gasteiger partial charge in [-0.2, -0.15) is 0 Å². The van der Waals surface area contributed by atoms with Gasteiger partial charge in [-0.05, 0) is 42.9 Å². The van der Waals surface area contributed by atoms with Crippen molar-refractivity contribution in [2.45, 2.75) is 19.6 Å². The number of carbonyl (C=O) groups excluding carboxylic acids is 1. The molecule has 2 aromatic carbocycles. The summed E-state index contributed by atoms with van der Waals surface area (Å²) in [6.45, 7) is 1.87. The molecule has 116 valence electrons. The summed E-state index contributed by atoms with van der Waals surface area (Å²) in [5.41, 5.74) is 9.61. The second kappa shape index (κ2) is 7.73. The first-order chi connectivity index (χ1) is 10.6. The lowest BCUT2D eigenvalue weighted by atomic mass is 10.1. The van der Waals surface area contributed by atoms with E-state index in [0.29, 0.717) is 18.7 Å². The SMILES string of the molecule is CN(C)Cc1ccccc1CNC(=O)c1ccc(CN)cc1. The van der Waals surface area contributed by atoms with E-state index in [2.05, 4.69) is 22.3 Å². The lowest BCUT2D eigenvalue weighted by molar-refractivity contribution is 0.0951. The van der Waals surface area contributed by atoms with Crippen molar-refractivity contribution in [2.24, 2.45) is 5.73 Å². The molecule has 0 bridgehead atoms. The zero-order chi connectivity index (χ0) is 15.9. The van der Waals surface area contributed by atoms with Gasteiger partial charge in [0.2, 0.25) is 0 Å². The van der Waals surface area contributed by atoms with Crippen molar-refractivity contribution < 1.29 is 4.79 Å². The van der Waals surface area contributed by atoms with E-state index in [-0.39, 0.29) is 5.91 Å². The van der Waals surface area contributed by atoms with Crippen LogP contribution in [0, 0.1) is 0 Å². The smallest absolute Gasteiger partial charge is 0.251 e. The Morgan fingerprint density at radius 3 is 2.27 bits per heavy atom. The summed E-state index contributed by atoms with van der Waals surface area (Å²) in [5.74, 6) is -0.0665. The van der Waals surface area contributed by atoms with Crippen molar-refractivity contribution in [2.75, 3.05) is 14.1 Å². The molecule has 0 saturated heterocycles. The third-order valence-electron chi connectivity index (χ3n) is 3.50. The third kappa shape index (κ3) is 4.41. The Labute approximate surface area is 131 Å². The van der Waals surface area contributed by atoms with Crippen LogP contribution in [0.1, 0.15) is 27.0 Å². The molecule has 0 radical (unpaired) electrons. The van der Waals surface area contributed by atoms with Gasteiger partial charge >= 0.3 is 0 Å². The summed E-state index contributed by atoms with van der Waals surface area (Å²) in [5, 5.41) is 2.98. The standard InChI is InChI=1S/C18H23N3O/c1-21(2)13-17-6-4-3-5-16(17)12-20-18(22)15-9-7-14(11-19)8-10-15/h3-10H,11-13,19H2,1-2H3,(H,20,22). The van der Waals surface area contributed by atoms with Crippen LogP contribution in [0.5, 0.6) is 0 Å². The van der Waals surface area contributed by atoms with Gasteiger partial charge in [-0.1, -0.05) is 36.4 Å². The molecule has 0 unspecified atom stereocenters. The molecule has 2 rings (SSSR count). The maximum atomic E-state index is 12.2. The predicted octanol–water partition coefficient (Wildman–Crippen LogP) is 2.14. The number of rotatable bonds is 6.